The third-order valence-corrected chi connectivity index (χ3v) is 9.93. The highest BCUT2D eigenvalue weighted by Gasteiger charge is 2.37. The minimum Gasteiger partial charge on any atom is -0.413 e. The molecule has 4 nitrogen and oxygen atoms in total. The number of fused-ring (bicyclic) bond motifs is 1. The van der Waals surface area contributed by atoms with Crippen LogP contribution in [0.25, 0.3) is 11.0 Å². The maximum absolute atomic E-state index is 6.38. The molecule has 1 aromatic heterocycles. The van der Waals surface area contributed by atoms with Crippen molar-refractivity contribution in [2.75, 3.05) is 6.54 Å². The quantitative estimate of drug-likeness (QED) is 0.467. The van der Waals surface area contributed by atoms with E-state index in [1.165, 1.54) is 11.1 Å². The lowest BCUT2D eigenvalue weighted by Gasteiger charge is -2.36. The Kier molecular flexibility index (Phi) is 7.05. The third-order valence-electron chi connectivity index (χ3n) is 5.45. The van der Waals surface area contributed by atoms with Gasteiger partial charge in [-0.25, -0.2) is 4.98 Å². The molecule has 0 fully saturated rings. The Morgan fingerprint density at radius 3 is 2.50 bits per heavy atom. The van der Waals surface area contributed by atoms with Gasteiger partial charge in [0.1, 0.15) is 5.82 Å². The van der Waals surface area contributed by atoms with Crippen LogP contribution >= 0.6 is 0 Å². The van der Waals surface area contributed by atoms with Crippen molar-refractivity contribution in [1.82, 2.24) is 14.9 Å². The number of aromatic nitrogens is 2. The fourth-order valence-corrected chi connectivity index (χ4v) is 3.74. The lowest BCUT2D eigenvalue weighted by molar-refractivity contribution is 0.276. The Morgan fingerprint density at radius 2 is 1.88 bits per heavy atom. The molecule has 0 radical (unpaired) electrons. The summed E-state index contributed by atoms with van der Waals surface area (Å²) in [7, 11) is -1.73. The van der Waals surface area contributed by atoms with Crippen LogP contribution in [0.15, 0.2) is 18.2 Å². The third kappa shape index (κ3) is 4.96. The number of nitrogens with zero attached hydrogens (tertiary/aromatic N) is 2. The van der Waals surface area contributed by atoms with Crippen molar-refractivity contribution in [2.24, 2.45) is 0 Å². The van der Waals surface area contributed by atoms with Gasteiger partial charge in [0.15, 0.2) is 8.32 Å². The van der Waals surface area contributed by atoms with Gasteiger partial charge in [-0.2, -0.15) is 0 Å². The average Bonchev–Trinajstić information content (AvgIpc) is 2.90. The first-order valence-corrected chi connectivity index (χ1v) is 12.9. The molecule has 1 heterocycles. The van der Waals surface area contributed by atoms with Gasteiger partial charge in [0, 0.05) is 6.54 Å². The van der Waals surface area contributed by atoms with Crippen LogP contribution in [0.5, 0.6) is 0 Å². The number of imidazole rings is 1. The van der Waals surface area contributed by atoms with E-state index in [1.54, 1.807) is 0 Å². The molecule has 0 spiro atoms. The molecular formula is C21H37N3OSi. The van der Waals surface area contributed by atoms with Crippen molar-refractivity contribution >= 4 is 19.4 Å². The van der Waals surface area contributed by atoms with Crippen molar-refractivity contribution in [2.45, 2.75) is 85.3 Å². The van der Waals surface area contributed by atoms with Crippen LogP contribution in [0.2, 0.25) is 18.1 Å². The molecule has 0 saturated heterocycles. The summed E-state index contributed by atoms with van der Waals surface area (Å²) >= 11 is 0. The van der Waals surface area contributed by atoms with E-state index in [1.807, 2.05) is 0 Å². The van der Waals surface area contributed by atoms with Gasteiger partial charge in [-0.3, -0.25) is 0 Å². The van der Waals surface area contributed by atoms with E-state index in [-0.39, 0.29) is 5.04 Å². The average molecular weight is 376 g/mol. The van der Waals surface area contributed by atoms with E-state index >= 15 is 0 Å². The molecule has 0 aliphatic rings. The van der Waals surface area contributed by atoms with Crippen molar-refractivity contribution in [3.63, 3.8) is 0 Å². The molecule has 0 saturated carbocycles. The van der Waals surface area contributed by atoms with Crippen molar-refractivity contribution in [1.29, 1.82) is 0 Å². The number of aryl methyl sites for hydroxylation is 1. The Labute approximate surface area is 160 Å². The second-order valence-electron chi connectivity index (χ2n) is 8.73. The number of rotatable bonds is 9. The molecule has 146 valence electrons. The zero-order valence-corrected chi connectivity index (χ0v) is 18.8. The number of nitrogens with one attached hydrogen (secondary N) is 1. The van der Waals surface area contributed by atoms with Gasteiger partial charge < -0.3 is 14.3 Å². The fraction of sp³-hybridized carbons (Fsp3) is 0.667. The minimum absolute atomic E-state index is 0.234. The second-order valence-corrected chi connectivity index (χ2v) is 13.5. The summed E-state index contributed by atoms with van der Waals surface area (Å²) in [5.74, 6) is 1.14. The molecule has 5 heteroatoms. The molecule has 0 aliphatic heterocycles. The van der Waals surface area contributed by atoms with Gasteiger partial charge in [-0.1, -0.05) is 40.7 Å². The van der Waals surface area contributed by atoms with Gasteiger partial charge in [0.05, 0.1) is 24.2 Å². The van der Waals surface area contributed by atoms with Gasteiger partial charge >= 0.3 is 0 Å². The zero-order valence-electron chi connectivity index (χ0n) is 17.8. The Morgan fingerprint density at radius 1 is 1.15 bits per heavy atom. The summed E-state index contributed by atoms with van der Waals surface area (Å²) in [5, 5.41) is 3.72. The summed E-state index contributed by atoms with van der Waals surface area (Å²) in [6.45, 7) is 19.4. The molecule has 0 unspecified atom stereocenters. The van der Waals surface area contributed by atoms with E-state index in [9.17, 15) is 0 Å². The SMILES string of the molecule is CCCNCc1nc2cc(CO[Si](C)(C)C(C)(C)C)ccc2n1CCC. The van der Waals surface area contributed by atoms with E-state index in [4.69, 9.17) is 9.41 Å². The molecule has 0 bridgehead atoms. The Bertz CT molecular complexity index is 716. The summed E-state index contributed by atoms with van der Waals surface area (Å²) in [6.07, 6.45) is 2.26. The maximum Gasteiger partial charge on any atom is 0.192 e. The van der Waals surface area contributed by atoms with E-state index in [0.29, 0.717) is 6.61 Å². The molecule has 26 heavy (non-hydrogen) atoms. The van der Waals surface area contributed by atoms with Crippen LogP contribution in [0.1, 0.15) is 58.8 Å². The first kappa shape index (κ1) is 21.1. The molecule has 0 aliphatic carbocycles. The van der Waals surface area contributed by atoms with Crippen LogP contribution in [-0.2, 0) is 24.1 Å². The zero-order chi connectivity index (χ0) is 19.4. The van der Waals surface area contributed by atoms with Gasteiger partial charge in [-0.05, 0) is 55.2 Å². The smallest absolute Gasteiger partial charge is 0.192 e. The second kappa shape index (κ2) is 8.68. The largest absolute Gasteiger partial charge is 0.413 e. The summed E-state index contributed by atoms with van der Waals surface area (Å²) < 4.78 is 8.74. The predicted molar refractivity (Wildman–Crippen MR) is 114 cm³/mol. The summed E-state index contributed by atoms with van der Waals surface area (Å²) in [6, 6.07) is 6.62. The normalized spacial score (nSPS) is 12.9. The molecule has 0 atom stereocenters. The Balaban J connectivity index is 2.21. The number of hydrogen-bond acceptors (Lipinski definition) is 3. The first-order valence-electron chi connectivity index (χ1n) is 10.0. The minimum atomic E-state index is -1.73. The highest BCUT2D eigenvalue weighted by Crippen LogP contribution is 2.37. The van der Waals surface area contributed by atoms with E-state index in [0.717, 1.165) is 43.8 Å². The van der Waals surface area contributed by atoms with E-state index < -0.39 is 8.32 Å². The maximum atomic E-state index is 6.38. The van der Waals surface area contributed by atoms with Crippen molar-refractivity contribution < 1.29 is 4.43 Å². The Hall–Kier alpha value is -1.17. The van der Waals surface area contributed by atoms with Crippen LogP contribution in [0.3, 0.4) is 0 Å². The summed E-state index contributed by atoms with van der Waals surface area (Å²) in [5.41, 5.74) is 3.54. The van der Waals surface area contributed by atoms with Gasteiger partial charge in [-0.15, -0.1) is 0 Å². The van der Waals surface area contributed by atoms with Crippen LogP contribution < -0.4 is 5.32 Å². The van der Waals surface area contributed by atoms with E-state index in [2.05, 4.69) is 75.8 Å². The topological polar surface area (TPSA) is 39.1 Å². The molecule has 1 aromatic carbocycles. The van der Waals surface area contributed by atoms with Gasteiger partial charge in [0.25, 0.3) is 0 Å². The standard InChI is InChI=1S/C21H37N3OSi/c1-8-12-22-15-20-23-18-14-17(10-11-19(18)24(20)13-9-2)16-25-26(6,7)21(3,4)5/h10-11,14,22H,8-9,12-13,15-16H2,1-7H3. The van der Waals surface area contributed by atoms with Gasteiger partial charge in [0.2, 0.25) is 0 Å². The predicted octanol–water partition coefficient (Wildman–Crippen LogP) is 5.47. The van der Waals surface area contributed by atoms with Crippen LogP contribution in [-0.4, -0.2) is 24.4 Å². The molecule has 0 amide bonds. The number of benzene rings is 1. The first-order chi connectivity index (χ1) is 12.2. The highest BCUT2D eigenvalue weighted by atomic mass is 28.4. The van der Waals surface area contributed by atoms with Crippen molar-refractivity contribution in [3.8, 4) is 0 Å². The highest BCUT2D eigenvalue weighted by molar-refractivity contribution is 6.74. The molecule has 1 N–H and O–H groups in total. The molecule has 2 rings (SSSR count). The monoisotopic (exact) mass is 375 g/mol. The summed E-state index contributed by atoms with van der Waals surface area (Å²) in [4.78, 5) is 4.91. The lowest BCUT2D eigenvalue weighted by Crippen LogP contribution is -2.40. The fourth-order valence-electron chi connectivity index (χ4n) is 2.78. The van der Waals surface area contributed by atoms with Crippen LogP contribution in [0.4, 0.5) is 0 Å². The van der Waals surface area contributed by atoms with Crippen molar-refractivity contribution in [3.05, 3.63) is 29.6 Å². The van der Waals surface area contributed by atoms with Crippen LogP contribution in [0, 0.1) is 0 Å². The lowest BCUT2D eigenvalue weighted by atomic mass is 10.2. The molecular weight excluding hydrogens is 338 g/mol. The molecule has 2 aromatic rings. The number of hydrogen-bond donors (Lipinski definition) is 1.